The molecule has 4 aliphatic rings. The minimum Gasteiger partial charge on any atom is -0.508 e. The van der Waals surface area contributed by atoms with Gasteiger partial charge in [-0.3, -0.25) is 10.6 Å². The van der Waals surface area contributed by atoms with Crippen molar-refractivity contribution < 1.29 is 39.4 Å². The Morgan fingerprint density at radius 1 is 0.944 bits per heavy atom. The lowest BCUT2D eigenvalue weighted by atomic mass is 9.69. The molecule has 3 aliphatic heterocycles. The highest BCUT2D eigenvalue weighted by molar-refractivity contribution is 5.85. The average Bonchev–Trinajstić information content (AvgIpc) is 3.83. The molecular weight excluding hydrogens is 893 g/mol. The second kappa shape index (κ2) is 20.6. The Kier molecular flexibility index (Phi) is 14.1. The number of fused-ring (bicyclic) bond motifs is 13. The van der Waals surface area contributed by atoms with Gasteiger partial charge in [-0.2, -0.15) is 0 Å². The Labute approximate surface area is 417 Å². The van der Waals surface area contributed by atoms with E-state index in [1.165, 1.54) is 5.56 Å². The summed E-state index contributed by atoms with van der Waals surface area (Å²) in [4.78, 5) is 3.33. The first-order valence-electron chi connectivity index (χ1n) is 25.4. The highest BCUT2D eigenvalue weighted by atomic mass is 16.6. The van der Waals surface area contributed by atoms with Gasteiger partial charge >= 0.3 is 0 Å². The van der Waals surface area contributed by atoms with E-state index in [1.807, 2.05) is 62.6 Å². The number of hydrogen-bond acceptors (Lipinski definition) is 11. The van der Waals surface area contributed by atoms with Crippen LogP contribution >= 0.6 is 0 Å². The molecule has 2 bridgehead atoms. The first-order valence-corrected chi connectivity index (χ1v) is 25.4. The lowest BCUT2D eigenvalue weighted by Crippen LogP contribution is -2.62. The molecule has 1 aliphatic carbocycles. The van der Waals surface area contributed by atoms with Crippen molar-refractivity contribution in [2.75, 3.05) is 40.2 Å². The lowest BCUT2D eigenvalue weighted by Gasteiger charge is -2.49. The molecular formula is C59H68N4O8. The van der Waals surface area contributed by atoms with E-state index in [0.717, 1.165) is 73.1 Å². The van der Waals surface area contributed by atoms with Crippen LogP contribution in [-0.2, 0) is 43.3 Å². The van der Waals surface area contributed by atoms with Crippen LogP contribution in [0.3, 0.4) is 0 Å². The van der Waals surface area contributed by atoms with E-state index < -0.39 is 29.5 Å². The number of phenolic OH excluding ortho intramolecular Hbond substituents is 2. The van der Waals surface area contributed by atoms with Gasteiger partial charge < -0.3 is 49.7 Å². The Morgan fingerprint density at radius 3 is 2.62 bits per heavy atom. The van der Waals surface area contributed by atoms with Gasteiger partial charge in [0.15, 0.2) is 17.6 Å². The summed E-state index contributed by atoms with van der Waals surface area (Å²) in [5.74, 6) is 9.45. The summed E-state index contributed by atoms with van der Waals surface area (Å²) in [7, 11) is 1.87. The molecule has 12 nitrogen and oxygen atoms in total. The van der Waals surface area contributed by atoms with E-state index in [0.29, 0.717) is 82.0 Å². The van der Waals surface area contributed by atoms with Gasteiger partial charge in [-0.05, 0) is 158 Å². The number of aromatic amines is 1. The fourth-order valence-corrected chi connectivity index (χ4v) is 11.7. The number of aromatic nitrogens is 1. The fraction of sp³-hybridized carbons (Fsp3) is 0.424. The number of aryl methyl sites for hydroxylation is 2. The maximum atomic E-state index is 11.9. The molecule has 0 radical (unpaired) electrons. The van der Waals surface area contributed by atoms with Crippen LogP contribution < -0.4 is 30.2 Å². The molecule has 0 spiro atoms. The Balaban J connectivity index is 1.16. The van der Waals surface area contributed by atoms with Crippen LogP contribution in [0.25, 0.3) is 22.0 Å². The number of H-pyrrole nitrogens is 1. The summed E-state index contributed by atoms with van der Waals surface area (Å²) >= 11 is 0. The lowest BCUT2D eigenvalue weighted by molar-refractivity contribution is -0.141. The Morgan fingerprint density at radius 2 is 1.80 bits per heavy atom. The van der Waals surface area contributed by atoms with E-state index in [-0.39, 0.29) is 37.4 Å². The molecule has 1 aromatic heterocycles. The van der Waals surface area contributed by atoms with Gasteiger partial charge in [0.25, 0.3) is 0 Å². The summed E-state index contributed by atoms with van der Waals surface area (Å²) < 4.78 is 28.4. The number of aliphatic hydroxyl groups excluding tert-OH is 1. The van der Waals surface area contributed by atoms with Crippen molar-refractivity contribution in [3.05, 3.63) is 136 Å². The van der Waals surface area contributed by atoms with Gasteiger partial charge in [0.2, 0.25) is 0 Å². The standard InChI is InChI=1S/C59H68N4O8/c1-36(2)30-58(3,67)33-61-34-63-52-12-8-9-23-68-51-28-42(26-40(54(51)66)15-13-37-10-6-5-7-11-37)57-59(52,69-35-60-4)31-49-48-27-41(25-38-14-20-50-39(24-38)21-22-62-50)47-29-43(65)16-18-45(47)53(48)56-46(55(49)71-57)19-17-44(32-64)70-56/h5-7,10-11,14,16,18,20-22,24,26,28-29,36,41,44,52,57,60-67H,9,13,15,17,19,23,25,27,30-35H2,1-4H3. The predicted octanol–water partition coefficient (Wildman–Crippen LogP) is 8.30. The van der Waals surface area contributed by atoms with Gasteiger partial charge in [-0.25, -0.2) is 0 Å². The van der Waals surface area contributed by atoms with Crippen molar-refractivity contribution in [2.24, 2.45) is 5.92 Å². The summed E-state index contributed by atoms with van der Waals surface area (Å²) in [5.41, 5.74) is 8.82. The molecule has 6 aromatic rings. The molecule has 5 aromatic carbocycles. The van der Waals surface area contributed by atoms with Crippen molar-refractivity contribution in [2.45, 2.75) is 114 Å². The van der Waals surface area contributed by atoms with Gasteiger partial charge in [-0.1, -0.05) is 68.2 Å². The van der Waals surface area contributed by atoms with E-state index in [4.69, 9.17) is 18.9 Å². The maximum Gasteiger partial charge on any atom is 0.161 e. The second-order valence-electron chi connectivity index (χ2n) is 20.7. The van der Waals surface area contributed by atoms with E-state index >= 15 is 0 Å². The zero-order valence-corrected chi connectivity index (χ0v) is 41.4. The minimum absolute atomic E-state index is 0.0275. The summed E-state index contributed by atoms with van der Waals surface area (Å²) in [6, 6.07) is 27.9. The largest absolute Gasteiger partial charge is 0.508 e. The van der Waals surface area contributed by atoms with Gasteiger partial charge in [0.05, 0.1) is 25.5 Å². The third-order valence-corrected chi connectivity index (χ3v) is 14.8. The molecule has 0 saturated heterocycles. The van der Waals surface area contributed by atoms with E-state index in [1.54, 1.807) is 6.07 Å². The fourth-order valence-electron chi connectivity index (χ4n) is 11.7. The number of aromatic hydroxyl groups is 2. The monoisotopic (exact) mass is 961 g/mol. The molecule has 4 heterocycles. The van der Waals surface area contributed by atoms with Crippen LogP contribution in [0.1, 0.15) is 96.6 Å². The van der Waals surface area contributed by atoms with Crippen LogP contribution in [0.5, 0.6) is 28.7 Å². The molecule has 0 amide bonds. The molecule has 6 atom stereocenters. The SMILES string of the molecule is CNCOC12Cc3c4c(c5c(c3OC1c1cc(CCc3ccccc3)c(O)c(c1)OCCC#CC2NCNCC(C)(O)CC(C)C)CCC(CO)O5)-c1ccc(O)cc1C(Cc1ccc2[nH]ccc2c1)C4. The highest BCUT2D eigenvalue weighted by Crippen LogP contribution is 2.58. The van der Waals surface area contributed by atoms with Crippen molar-refractivity contribution in [1.82, 2.24) is 20.9 Å². The van der Waals surface area contributed by atoms with Crippen molar-refractivity contribution >= 4 is 10.9 Å². The Bertz CT molecular complexity index is 2940. The summed E-state index contributed by atoms with van der Waals surface area (Å²) in [5, 5.41) is 56.7. The number of ether oxygens (including phenoxy) is 4. The van der Waals surface area contributed by atoms with Crippen LogP contribution in [0.2, 0.25) is 0 Å². The molecule has 10 rings (SSSR count). The third kappa shape index (κ3) is 9.97. The first-order chi connectivity index (χ1) is 34.4. The molecule has 12 heteroatoms. The molecule has 0 saturated carbocycles. The van der Waals surface area contributed by atoms with E-state index in [9.17, 15) is 20.4 Å². The van der Waals surface area contributed by atoms with Crippen molar-refractivity contribution in [1.29, 1.82) is 0 Å². The van der Waals surface area contributed by atoms with Crippen molar-refractivity contribution in [3.8, 4) is 51.7 Å². The molecule has 0 fully saturated rings. The van der Waals surface area contributed by atoms with Crippen LogP contribution in [0, 0.1) is 17.8 Å². The van der Waals surface area contributed by atoms with E-state index in [2.05, 4.69) is 83.0 Å². The average molecular weight is 961 g/mol. The zero-order valence-electron chi connectivity index (χ0n) is 41.4. The number of aliphatic hydroxyl groups is 2. The summed E-state index contributed by atoms with van der Waals surface area (Å²) in [6.07, 6.45) is 5.99. The smallest absolute Gasteiger partial charge is 0.161 e. The van der Waals surface area contributed by atoms with Crippen LogP contribution in [0.4, 0.5) is 0 Å². The molecule has 372 valence electrons. The normalized spacial score (nSPS) is 21.9. The highest BCUT2D eigenvalue weighted by Gasteiger charge is 2.55. The predicted molar refractivity (Wildman–Crippen MR) is 276 cm³/mol. The van der Waals surface area contributed by atoms with Gasteiger partial charge in [0, 0.05) is 54.5 Å². The number of nitrogens with one attached hydrogen (secondary N) is 4. The van der Waals surface area contributed by atoms with Crippen LogP contribution in [-0.4, -0.2) is 89.0 Å². The van der Waals surface area contributed by atoms with Crippen LogP contribution in [0.15, 0.2) is 91.1 Å². The topological polar surface area (TPSA) is 170 Å². The summed E-state index contributed by atoms with van der Waals surface area (Å²) in [6.45, 7) is 7.09. The molecule has 6 unspecified atom stereocenters. The van der Waals surface area contributed by atoms with Gasteiger partial charge in [0.1, 0.15) is 35.0 Å². The van der Waals surface area contributed by atoms with Gasteiger partial charge in [-0.15, -0.1) is 0 Å². The first kappa shape index (κ1) is 48.6. The number of phenols is 2. The number of benzene rings is 5. The number of hydrogen-bond donors (Lipinski definition) is 8. The zero-order chi connectivity index (χ0) is 49.3. The Hall–Kier alpha value is -6.04. The second-order valence-corrected chi connectivity index (χ2v) is 20.7. The quantitative estimate of drug-likeness (QED) is 0.0267. The number of rotatable bonds is 16. The van der Waals surface area contributed by atoms with Crippen molar-refractivity contribution in [3.63, 3.8) is 0 Å². The molecule has 71 heavy (non-hydrogen) atoms. The maximum absolute atomic E-state index is 11.9. The third-order valence-electron chi connectivity index (χ3n) is 14.8. The minimum atomic E-state index is -1.20. The molecule has 8 N–H and O–H groups in total.